The van der Waals surface area contributed by atoms with Gasteiger partial charge < -0.3 is 0 Å². The van der Waals surface area contributed by atoms with Crippen molar-refractivity contribution >= 4 is 31.9 Å². The van der Waals surface area contributed by atoms with Gasteiger partial charge in [-0.25, -0.2) is 4.39 Å². The molecule has 0 aromatic heterocycles. The van der Waals surface area contributed by atoms with E-state index in [1.165, 1.54) is 6.07 Å². The summed E-state index contributed by atoms with van der Waals surface area (Å²) in [4.78, 5) is 0.269. The minimum absolute atomic E-state index is 0.179. The number of benzene rings is 1. The van der Waals surface area contributed by atoms with Crippen LogP contribution in [0.1, 0.15) is 22.9 Å². The van der Waals surface area contributed by atoms with E-state index in [0.29, 0.717) is 5.33 Å². The third-order valence-corrected chi connectivity index (χ3v) is 2.77. The van der Waals surface area contributed by atoms with Crippen molar-refractivity contribution in [1.82, 2.24) is 0 Å². The summed E-state index contributed by atoms with van der Waals surface area (Å²) in [5.41, 5.74) is 2.13. The first kappa shape index (κ1) is 10.2. The van der Waals surface area contributed by atoms with Gasteiger partial charge in [0.2, 0.25) is 0 Å². The molecule has 0 saturated carbocycles. The van der Waals surface area contributed by atoms with Gasteiger partial charge in [-0.3, -0.25) is 0 Å². The molecular formula is C9H9Br2F. The highest BCUT2D eigenvalue weighted by atomic mass is 79.9. The van der Waals surface area contributed by atoms with Gasteiger partial charge in [-0.15, -0.1) is 0 Å². The smallest absolute Gasteiger partial charge is 0.123 e. The van der Waals surface area contributed by atoms with Crippen molar-refractivity contribution in [2.75, 3.05) is 0 Å². The first-order chi connectivity index (χ1) is 5.65. The molecule has 0 saturated heterocycles. The highest BCUT2D eigenvalue weighted by molar-refractivity contribution is 9.09. The molecule has 1 unspecified atom stereocenters. The van der Waals surface area contributed by atoms with Crippen LogP contribution < -0.4 is 0 Å². The predicted molar refractivity (Wildman–Crippen MR) is 56.4 cm³/mol. The van der Waals surface area contributed by atoms with Crippen molar-refractivity contribution in [3.63, 3.8) is 0 Å². The molecule has 0 nitrogen and oxygen atoms in total. The molecule has 0 heterocycles. The van der Waals surface area contributed by atoms with Gasteiger partial charge in [0.1, 0.15) is 5.82 Å². The highest BCUT2D eigenvalue weighted by Crippen LogP contribution is 2.27. The minimum Gasteiger partial charge on any atom is -0.207 e. The maximum Gasteiger partial charge on any atom is 0.123 e. The molecule has 1 aromatic carbocycles. The Morgan fingerprint density at radius 3 is 2.67 bits per heavy atom. The molecule has 0 amide bonds. The van der Waals surface area contributed by atoms with Crippen LogP contribution in [0.15, 0.2) is 18.2 Å². The van der Waals surface area contributed by atoms with Crippen molar-refractivity contribution in [3.05, 3.63) is 35.1 Å². The first-order valence-corrected chi connectivity index (χ1v) is 5.67. The maximum atomic E-state index is 12.8. The zero-order valence-electron chi connectivity index (χ0n) is 6.65. The van der Waals surface area contributed by atoms with Gasteiger partial charge in [-0.1, -0.05) is 37.9 Å². The van der Waals surface area contributed by atoms with Crippen LogP contribution in [-0.4, -0.2) is 0 Å². The monoisotopic (exact) mass is 294 g/mol. The van der Waals surface area contributed by atoms with E-state index in [2.05, 4.69) is 31.9 Å². The van der Waals surface area contributed by atoms with E-state index in [1.54, 1.807) is 6.07 Å². The van der Waals surface area contributed by atoms with Crippen molar-refractivity contribution in [2.24, 2.45) is 0 Å². The van der Waals surface area contributed by atoms with Gasteiger partial charge in [-0.2, -0.15) is 0 Å². The lowest BCUT2D eigenvalue weighted by molar-refractivity contribution is 0.625. The second kappa shape index (κ2) is 4.38. The van der Waals surface area contributed by atoms with Gasteiger partial charge >= 0.3 is 0 Å². The summed E-state index contributed by atoms with van der Waals surface area (Å²) in [7, 11) is 0. The van der Waals surface area contributed by atoms with E-state index >= 15 is 0 Å². The minimum atomic E-state index is -0.179. The van der Waals surface area contributed by atoms with E-state index in [0.717, 1.165) is 11.1 Å². The van der Waals surface area contributed by atoms with Crippen LogP contribution in [0.5, 0.6) is 0 Å². The summed E-state index contributed by atoms with van der Waals surface area (Å²) in [6.45, 7) is 2.03. The molecule has 12 heavy (non-hydrogen) atoms. The van der Waals surface area contributed by atoms with Gasteiger partial charge in [0.15, 0.2) is 0 Å². The number of hydrogen-bond donors (Lipinski definition) is 0. The van der Waals surface area contributed by atoms with Crippen LogP contribution in [-0.2, 0) is 5.33 Å². The average molecular weight is 296 g/mol. The highest BCUT2D eigenvalue weighted by Gasteiger charge is 2.07. The van der Waals surface area contributed by atoms with Gasteiger partial charge in [0.05, 0.1) is 0 Å². The zero-order valence-corrected chi connectivity index (χ0v) is 9.82. The lowest BCUT2D eigenvalue weighted by Crippen LogP contribution is -1.92. The molecule has 1 atom stereocenters. The first-order valence-electron chi connectivity index (χ1n) is 3.63. The van der Waals surface area contributed by atoms with Crippen LogP contribution in [0, 0.1) is 5.82 Å². The number of rotatable bonds is 2. The van der Waals surface area contributed by atoms with Gasteiger partial charge in [0.25, 0.3) is 0 Å². The molecule has 0 N–H and O–H groups in total. The van der Waals surface area contributed by atoms with Gasteiger partial charge in [-0.05, 0) is 30.2 Å². The quantitative estimate of drug-likeness (QED) is 0.718. The van der Waals surface area contributed by atoms with Crippen molar-refractivity contribution < 1.29 is 4.39 Å². The normalized spacial score (nSPS) is 13.0. The number of hydrogen-bond acceptors (Lipinski definition) is 0. The Morgan fingerprint density at radius 2 is 2.17 bits per heavy atom. The molecule has 0 radical (unpaired) electrons. The Hall–Kier alpha value is 0.110. The third-order valence-electron chi connectivity index (χ3n) is 1.68. The van der Waals surface area contributed by atoms with Crippen LogP contribution in [0.4, 0.5) is 4.39 Å². The fourth-order valence-corrected chi connectivity index (χ4v) is 2.01. The molecule has 66 valence electrons. The largest absolute Gasteiger partial charge is 0.207 e. The van der Waals surface area contributed by atoms with E-state index in [9.17, 15) is 4.39 Å². The molecule has 0 fully saturated rings. The van der Waals surface area contributed by atoms with Crippen molar-refractivity contribution in [3.8, 4) is 0 Å². The standard InChI is InChI=1S/C9H9Br2F/c1-6(11)9-3-2-8(12)4-7(9)5-10/h2-4,6H,5H2,1H3. The molecule has 0 spiro atoms. The molecule has 0 aliphatic carbocycles. The second-order valence-corrected chi connectivity index (χ2v) is 4.53. The third kappa shape index (κ3) is 2.30. The van der Waals surface area contributed by atoms with Crippen LogP contribution in [0.3, 0.4) is 0 Å². The molecule has 1 rings (SSSR count). The van der Waals surface area contributed by atoms with E-state index in [-0.39, 0.29) is 10.6 Å². The number of alkyl halides is 2. The van der Waals surface area contributed by atoms with Gasteiger partial charge in [0, 0.05) is 10.2 Å². The average Bonchev–Trinajstić information content (AvgIpc) is 2.03. The molecule has 0 aliphatic rings. The number of halogens is 3. The summed E-state index contributed by atoms with van der Waals surface area (Å²) in [5.74, 6) is -0.179. The fraction of sp³-hybridized carbons (Fsp3) is 0.333. The predicted octanol–water partition coefficient (Wildman–Crippen LogP) is 4.18. The topological polar surface area (TPSA) is 0 Å². The summed E-state index contributed by atoms with van der Waals surface area (Å²) in [6, 6.07) is 4.85. The zero-order chi connectivity index (χ0) is 9.14. The summed E-state index contributed by atoms with van der Waals surface area (Å²) >= 11 is 6.78. The van der Waals surface area contributed by atoms with E-state index < -0.39 is 0 Å². The maximum absolute atomic E-state index is 12.8. The van der Waals surface area contributed by atoms with Crippen molar-refractivity contribution in [1.29, 1.82) is 0 Å². The van der Waals surface area contributed by atoms with E-state index in [4.69, 9.17) is 0 Å². The Morgan fingerprint density at radius 1 is 1.50 bits per heavy atom. The molecule has 0 bridgehead atoms. The lowest BCUT2D eigenvalue weighted by atomic mass is 10.1. The second-order valence-electron chi connectivity index (χ2n) is 2.59. The Kier molecular flexibility index (Phi) is 3.72. The Balaban J connectivity index is 3.11. The lowest BCUT2D eigenvalue weighted by Gasteiger charge is -2.08. The summed E-state index contributed by atoms with van der Waals surface area (Å²) < 4.78 is 12.8. The Bertz CT molecular complexity index is 271. The Labute approximate surface area is 88.4 Å². The SMILES string of the molecule is CC(Br)c1ccc(F)cc1CBr. The fourth-order valence-electron chi connectivity index (χ4n) is 1.08. The van der Waals surface area contributed by atoms with Crippen LogP contribution in [0.25, 0.3) is 0 Å². The van der Waals surface area contributed by atoms with Crippen molar-refractivity contribution in [2.45, 2.75) is 17.1 Å². The molecule has 3 heteroatoms. The van der Waals surface area contributed by atoms with E-state index in [1.807, 2.05) is 13.0 Å². The van der Waals surface area contributed by atoms with Crippen LogP contribution in [0.2, 0.25) is 0 Å². The molecular weight excluding hydrogens is 287 g/mol. The molecule has 0 aliphatic heterocycles. The summed E-state index contributed by atoms with van der Waals surface area (Å²) in [5, 5.41) is 0.691. The summed E-state index contributed by atoms with van der Waals surface area (Å²) in [6.07, 6.45) is 0. The van der Waals surface area contributed by atoms with Crippen LogP contribution >= 0.6 is 31.9 Å². The molecule has 1 aromatic rings.